The van der Waals surface area contributed by atoms with Crippen LogP contribution in [0.1, 0.15) is 259 Å². The predicted molar refractivity (Wildman–Crippen MR) is 262 cm³/mol. The molecule has 0 fully saturated rings. The second-order valence-electron chi connectivity index (χ2n) is 16.9. The highest BCUT2D eigenvalue weighted by Crippen LogP contribution is 2.29. The lowest BCUT2D eigenvalue weighted by Crippen LogP contribution is -2.22. The Balaban J connectivity index is 4.35. The molecule has 0 aromatic carbocycles. The van der Waals surface area contributed by atoms with Gasteiger partial charge in [0.05, 0.1) is 5.75 Å². The molecular formula is C49H96O3S4. The molecule has 0 aliphatic rings. The Morgan fingerprint density at radius 3 is 1.09 bits per heavy atom. The first-order chi connectivity index (χ1) is 27.4. The first kappa shape index (κ1) is 56.5. The fourth-order valence-corrected chi connectivity index (χ4v) is 11.6. The number of hydrogen-bond acceptors (Lipinski definition) is 7. The van der Waals surface area contributed by atoms with Gasteiger partial charge in [-0.15, -0.1) is 35.3 Å². The number of rotatable bonds is 46. The Hall–Kier alpha value is 0.540. The molecular weight excluding hydrogens is 765 g/mol. The minimum atomic E-state index is -0.148. The van der Waals surface area contributed by atoms with Crippen molar-refractivity contribution < 1.29 is 14.3 Å². The lowest BCUT2D eigenvalue weighted by molar-refractivity contribution is -0.141. The van der Waals surface area contributed by atoms with E-state index in [-0.39, 0.29) is 20.9 Å². The molecule has 0 radical (unpaired) electrons. The minimum Gasteiger partial charge on any atom is -0.463 e. The summed E-state index contributed by atoms with van der Waals surface area (Å²) in [4.78, 5) is 26.1. The maximum atomic E-state index is 13.3. The van der Waals surface area contributed by atoms with E-state index in [4.69, 9.17) is 4.74 Å². The molecule has 0 spiro atoms. The third kappa shape index (κ3) is 42.7. The van der Waals surface area contributed by atoms with Crippen molar-refractivity contribution >= 4 is 58.1 Å². The summed E-state index contributed by atoms with van der Waals surface area (Å²) in [5.74, 6) is 2.52. The van der Waals surface area contributed by atoms with Gasteiger partial charge in [-0.25, -0.2) is 4.79 Å². The van der Waals surface area contributed by atoms with E-state index in [1.165, 1.54) is 236 Å². The van der Waals surface area contributed by atoms with Gasteiger partial charge < -0.3 is 4.74 Å². The van der Waals surface area contributed by atoms with Crippen LogP contribution in [-0.2, 0) is 14.3 Å². The smallest absolute Gasteiger partial charge is 0.329 e. The van der Waals surface area contributed by atoms with Crippen molar-refractivity contribution in [1.82, 2.24) is 0 Å². The molecule has 0 aromatic rings. The third-order valence-electron chi connectivity index (χ3n) is 11.0. The second kappa shape index (κ2) is 46.6. The molecule has 2 atom stereocenters. The molecule has 2 unspecified atom stereocenters. The molecule has 0 rings (SSSR count). The van der Waals surface area contributed by atoms with E-state index < -0.39 is 0 Å². The van der Waals surface area contributed by atoms with Crippen LogP contribution in [0.5, 0.6) is 0 Å². The number of unbranched alkanes of at least 4 members (excludes halogenated alkanes) is 31. The highest BCUT2D eigenvalue weighted by molar-refractivity contribution is 8.18. The Bertz CT molecular complexity index is 782. The Kier molecular flexibility index (Phi) is 47.1. The average Bonchev–Trinajstić information content (AvgIpc) is 3.19. The fraction of sp³-hybridized carbons (Fsp3) is 0.959. The minimum absolute atomic E-state index is 0.00680. The summed E-state index contributed by atoms with van der Waals surface area (Å²) in [6.45, 7) is 11.5. The average molecular weight is 862 g/mol. The third-order valence-corrected chi connectivity index (χ3v) is 16.2. The molecule has 56 heavy (non-hydrogen) atoms. The summed E-state index contributed by atoms with van der Waals surface area (Å²) in [5.41, 5.74) is 0. The standard InChI is InChI=1S/C49H96O3S4/c1-6-9-12-15-18-21-24-26-29-32-35-38-41-53-49(54-42-39-36-33-30-27-25-22-19-16-13-10-7-2)48(51)52-43-46(5)56-47(50)44-55-45(4)40-37-34-31-28-23-20-17-14-11-8-3/h45-46,49H,6-44H2,1-5H3. The van der Waals surface area contributed by atoms with Crippen LogP contribution in [0.2, 0.25) is 0 Å². The molecule has 0 aliphatic heterocycles. The zero-order valence-electron chi connectivity index (χ0n) is 38.2. The molecule has 0 heterocycles. The van der Waals surface area contributed by atoms with Crippen LogP contribution >= 0.6 is 47.0 Å². The first-order valence-electron chi connectivity index (χ1n) is 24.6. The van der Waals surface area contributed by atoms with Crippen LogP contribution in [0.3, 0.4) is 0 Å². The first-order valence-corrected chi connectivity index (χ1v) is 28.7. The fourth-order valence-electron chi connectivity index (χ4n) is 7.22. The Labute approximate surface area is 368 Å². The van der Waals surface area contributed by atoms with E-state index in [1.807, 2.05) is 6.92 Å². The summed E-state index contributed by atoms with van der Waals surface area (Å²) >= 11 is 6.76. The number of thioether (sulfide) groups is 4. The van der Waals surface area contributed by atoms with E-state index in [9.17, 15) is 9.59 Å². The SMILES string of the molecule is CCCCCCCCCCCCCCSC(SCCCCCCCCCCCCCC)C(=O)OCC(C)SC(=O)CSC(C)CCCCCCCCCCCC. The Morgan fingerprint density at radius 1 is 0.411 bits per heavy atom. The zero-order chi connectivity index (χ0) is 41.0. The molecule has 0 aliphatic carbocycles. The normalized spacial score (nSPS) is 12.8. The molecule has 0 saturated heterocycles. The zero-order valence-corrected chi connectivity index (χ0v) is 41.4. The van der Waals surface area contributed by atoms with Gasteiger partial charge in [0.1, 0.15) is 11.2 Å². The molecule has 0 N–H and O–H groups in total. The number of carbonyl (C=O) groups is 2. The van der Waals surface area contributed by atoms with Gasteiger partial charge in [0.2, 0.25) is 0 Å². The molecule has 0 bridgehead atoms. The van der Waals surface area contributed by atoms with Gasteiger partial charge in [-0.05, 0) is 37.7 Å². The molecule has 3 nitrogen and oxygen atoms in total. The number of carbonyl (C=O) groups excluding carboxylic acids is 2. The highest BCUT2D eigenvalue weighted by atomic mass is 32.2. The van der Waals surface area contributed by atoms with Crippen LogP contribution in [0.15, 0.2) is 0 Å². The quantitative estimate of drug-likeness (QED) is 0.0343. The summed E-state index contributed by atoms with van der Waals surface area (Å²) in [6, 6.07) is 0. The Morgan fingerprint density at radius 2 is 0.732 bits per heavy atom. The second-order valence-corrected chi connectivity index (χ2v) is 22.5. The topological polar surface area (TPSA) is 43.4 Å². The monoisotopic (exact) mass is 861 g/mol. The summed E-state index contributed by atoms with van der Waals surface area (Å²) in [6.07, 6.45) is 47.4. The van der Waals surface area contributed by atoms with Crippen molar-refractivity contribution in [2.24, 2.45) is 0 Å². The van der Waals surface area contributed by atoms with Gasteiger partial charge in [-0.3, -0.25) is 4.79 Å². The van der Waals surface area contributed by atoms with Crippen LogP contribution in [-0.4, -0.2) is 50.0 Å². The van der Waals surface area contributed by atoms with E-state index in [0.717, 1.165) is 11.5 Å². The lowest BCUT2D eigenvalue weighted by Gasteiger charge is -2.17. The number of ether oxygens (including phenoxy) is 1. The van der Waals surface area contributed by atoms with Crippen molar-refractivity contribution in [2.45, 2.75) is 274 Å². The van der Waals surface area contributed by atoms with Crippen molar-refractivity contribution in [2.75, 3.05) is 23.9 Å². The summed E-state index contributed by atoms with van der Waals surface area (Å²) in [7, 11) is 0. The van der Waals surface area contributed by atoms with Gasteiger partial charge in [0.15, 0.2) is 5.12 Å². The largest absolute Gasteiger partial charge is 0.463 e. The molecule has 0 saturated carbocycles. The lowest BCUT2D eigenvalue weighted by atomic mass is 10.1. The molecule has 0 amide bonds. The van der Waals surface area contributed by atoms with Crippen molar-refractivity contribution in [3.63, 3.8) is 0 Å². The van der Waals surface area contributed by atoms with E-state index >= 15 is 0 Å². The van der Waals surface area contributed by atoms with Crippen molar-refractivity contribution in [1.29, 1.82) is 0 Å². The van der Waals surface area contributed by atoms with Crippen molar-refractivity contribution in [3.8, 4) is 0 Å². The van der Waals surface area contributed by atoms with Crippen LogP contribution in [0, 0.1) is 0 Å². The van der Waals surface area contributed by atoms with Crippen LogP contribution in [0.4, 0.5) is 0 Å². The summed E-state index contributed by atoms with van der Waals surface area (Å²) in [5, 5.41) is 0.729. The highest BCUT2D eigenvalue weighted by Gasteiger charge is 2.22. The van der Waals surface area contributed by atoms with Gasteiger partial charge >= 0.3 is 5.97 Å². The maximum Gasteiger partial charge on any atom is 0.329 e. The van der Waals surface area contributed by atoms with Gasteiger partial charge in [-0.1, -0.05) is 245 Å². The van der Waals surface area contributed by atoms with E-state index in [2.05, 4.69) is 27.7 Å². The van der Waals surface area contributed by atoms with E-state index in [0.29, 0.717) is 17.6 Å². The van der Waals surface area contributed by atoms with Crippen LogP contribution < -0.4 is 0 Å². The van der Waals surface area contributed by atoms with E-state index in [1.54, 1.807) is 35.3 Å². The number of hydrogen-bond donors (Lipinski definition) is 0. The van der Waals surface area contributed by atoms with Gasteiger partial charge in [0, 0.05) is 10.5 Å². The molecule has 0 aromatic heterocycles. The van der Waals surface area contributed by atoms with Crippen LogP contribution in [0.25, 0.3) is 0 Å². The van der Waals surface area contributed by atoms with Gasteiger partial charge in [0.25, 0.3) is 0 Å². The summed E-state index contributed by atoms with van der Waals surface area (Å²) < 4.78 is 5.73. The number of esters is 1. The van der Waals surface area contributed by atoms with Crippen molar-refractivity contribution in [3.05, 3.63) is 0 Å². The maximum absolute atomic E-state index is 13.3. The van der Waals surface area contributed by atoms with Gasteiger partial charge in [-0.2, -0.15) is 0 Å². The molecule has 334 valence electrons. The predicted octanol–water partition coefficient (Wildman–Crippen LogP) is 17.8. The molecule has 7 heteroatoms.